The zero-order valence-electron chi connectivity index (χ0n) is 15.8. The number of benzene rings is 1. The lowest BCUT2D eigenvalue weighted by molar-refractivity contribution is 0.0533. The molecule has 1 rings (SSSR count). The smallest absolute Gasteiger partial charge is 0.119 e. The summed E-state index contributed by atoms with van der Waals surface area (Å²) in [5.74, 6) is 0.948. The van der Waals surface area contributed by atoms with Crippen LogP contribution in [0.1, 0.15) is 77.2 Å². The minimum atomic E-state index is 0.199. The van der Waals surface area contributed by atoms with Gasteiger partial charge in [-0.05, 0) is 50.8 Å². The van der Waals surface area contributed by atoms with Gasteiger partial charge in [0, 0.05) is 13.0 Å². The van der Waals surface area contributed by atoms with E-state index in [0.29, 0.717) is 19.6 Å². The zero-order valence-corrected chi connectivity index (χ0v) is 15.8. The maximum absolute atomic E-state index is 5.78. The Hall–Kier alpha value is -1.02. The van der Waals surface area contributed by atoms with Crippen LogP contribution in [0.4, 0.5) is 0 Å². The molecule has 1 unspecified atom stereocenters. The Morgan fingerprint density at radius 3 is 2.25 bits per heavy atom. The second-order valence-corrected chi connectivity index (χ2v) is 6.62. The third-order valence-corrected chi connectivity index (χ3v) is 4.31. The van der Waals surface area contributed by atoms with Crippen molar-refractivity contribution in [3.63, 3.8) is 0 Å². The molecule has 0 amide bonds. The van der Waals surface area contributed by atoms with Crippen molar-refractivity contribution in [1.82, 2.24) is 0 Å². The largest absolute Gasteiger partial charge is 0.493 e. The first-order valence-corrected chi connectivity index (χ1v) is 9.79. The highest BCUT2D eigenvalue weighted by Gasteiger charge is 2.02. The van der Waals surface area contributed by atoms with Crippen LogP contribution in [0.25, 0.3) is 0 Å². The molecule has 2 radical (unpaired) electrons. The molecule has 1 aromatic carbocycles. The molecule has 136 valence electrons. The number of hydrogen-bond donors (Lipinski definition) is 0. The average molecular weight is 333 g/mol. The summed E-state index contributed by atoms with van der Waals surface area (Å²) in [6.07, 6.45) is 12.4. The van der Waals surface area contributed by atoms with Crippen LogP contribution in [0, 0.1) is 6.92 Å². The van der Waals surface area contributed by atoms with Crippen LogP contribution in [-0.2, 0) is 11.2 Å². The molecule has 0 aliphatic rings. The van der Waals surface area contributed by atoms with E-state index in [-0.39, 0.29) is 6.10 Å². The molecule has 0 spiro atoms. The molecule has 0 N–H and O–H groups in total. The van der Waals surface area contributed by atoms with Crippen molar-refractivity contribution in [2.24, 2.45) is 0 Å². The molecule has 0 saturated heterocycles. The van der Waals surface area contributed by atoms with Crippen LogP contribution in [0.3, 0.4) is 0 Å². The van der Waals surface area contributed by atoms with Crippen molar-refractivity contribution < 1.29 is 9.47 Å². The lowest BCUT2D eigenvalue weighted by atomic mass is 10.0. The third kappa shape index (κ3) is 10.7. The van der Waals surface area contributed by atoms with Crippen molar-refractivity contribution in [2.45, 2.75) is 84.2 Å². The fourth-order valence-electron chi connectivity index (χ4n) is 2.73. The molecular weight excluding hydrogens is 296 g/mol. The summed E-state index contributed by atoms with van der Waals surface area (Å²) in [4.78, 5) is 0. The minimum absolute atomic E-state index is 0.199. The lowest BCUT2D eigenvalue weighted by Crippen LogP contribution is -2.13. The van der Waals surface area contributed by atoms with Gasteiger partial charge in [0.2, 0.25) is 0 Å². The molecule has 1 aromatic rings. The van der Waals surface area contributed by atoms with Gasteiger partial charge in [-0.15, -0.1) is 0 Å². The predicted molar refractivity (Wildman–Crippen MR) is 103 cm³/mol. The quantitative estimate of drug-likeness (QED) is 0.353. The molecule has 0 heterocycles. The Balaban J connectivity index is 2.10. The number of unbranched alkanes of at least 4 members (excludes halogenated alkanes) is 6. The molecule has 0 fully saturated rings. The fourth-order valence-corrected chi connectivity index (χ4v) is 2.73. The molecular formula is C22H36O2. The average Bonchev–Trinajstić information content (AvgIpc) is 2.60. The van der Waals surface area contributed by atoms with Gasteiger partial charge < -0.3 is 9.47 Å². The molecule has 0 saturated carbocycles. The number of hydrogen-bond acceptors (Lipinski definition) is 2. The molecule has 2 heteroatoms. The van der Waals surface area contributed by atoms with Gasteiger partial charge in [-0.3, -0.25) is 0 Å². The molecule has 2 nitrogen and oxygen atoms in total. The normalized spacial score (nSPS) is 12.3. The second-order valence-electron chi connectivity index (χ2n) is 6.62. The second kappa shape index (κ2) is 14.3. The summed E-state index contributed by atoms with van der Waals surface area (Å²) < 4.78 is 11.3. The number of aryl methyl sites for hydroxylation is 1. The first-order chi connectivity index (χ1) is 11.8. The maximum atomic E-state index is 5.78. The Morgan fingerprint density at radius 1 is 0.917 bits per heavy atom. The fraction of sp³-hybridized carbons (Fsp3) is 0.682. The van der Waals surface area contributed by atoms with E-state index in [9.17, 15) is 0 Å². The van der Waals surface area contributed by atoms with E-state index in [4.69, 9.17) is 16.4 Å². The number of rotatable bonds is 15. The summed E-state index contributed by atoms with van der Waals surface area (Å²) in [6, 6.07) is 8.56. The van der Waals surface area contributed by atoms with E-state index in [2.05, 4.69) is 38.1 Å². The van der Waals surface area contributed by atoms with Crippen molar-refractivity contribution in [3.8, 4) is 5.75 Å². The summed E-state index contributed by atoms with van der Waals surface area (Å²) >= 11 is 0. The standard InChI is InChI=1S/C22H36O2/c1-4-6-7-8-9-10-11-12-21-13-15-22(16-14-21)24-19-17-20(3)23-18-5-2/h2,13-16,20H,4-12,17-19H2,1,3H3. The zero-order chi connectivity index (χ0) is 17.5. The molecule has 24 heavy (non-hydrogen) atoms. The van der Waals surface area contributed by atoms with E-state index in [0.717, 1.165) is 12.2 Å². The first-order valence-electron chi connectivity index (χ1n) is 9.79. The van der Waals surface area contributed by atoms with Crippen molar-refractivity contribution in [3.05, 3.63) is 36.8 Å². The summed E-state index contributed by atoms with van der Waals surface area (Å²) in [5, 5.41) is 0. The topological polar surface area (TPSA) is 18.5 Å². The van der Waals surface area contributed by atoms with Crippen LogP contribution < -0.4 is 4.74 Å². The number of ether oxygens (including phenoxy) is 2. The van der Waals surface area contributed by atoms with Gasteiger partial charge in [0.1, 0.15) is 5.75 Å². The maximum Gasteiger partial charge on any atom is 0.119 e. The summed E-state index contributed by atoms with van der Waals surface area (Å²) in [7, 11) is 0. The van der Waals surface area contributed by atoms with Crippen LogP contribution in [0.2, 0.25) is 0 Å². The van der Waals surface area contributed by atoms with Crippen molar-refractivity contribution in [2.75, 3.05) is 13.2 Å². The SMILES string of the molecule is [CH]CCOC(C)CCOc1ccc(CCCCCCCCC)cc1. The van der Waals surface area contributed by atoms with Crippen molar-refractivity contribution >= 4 is 0 Å². The van der Waals surface area contributed by atoms with Crippen LogP contribution in [0.5, 0.6) is 5.75 Å². The lowest BCUT2D eigenvalue weighted by Gasteiger charge is -2.13. The van der Waals surface area contributed by atoms with Gasteiger partial charge >= 0.3 is 0 Å². The highest BCUT2D eigenvalue weighted by Crippen LogP contribution is 2.16. The Bertz CT molecular complexity index is 385. The predicted octanol–water partition coefficient (Wildman–Crippen LogP) is 6.25. The van der Waals surface area contributed by atoms with Crippen LogP contribution >= 0.6 is 0 Å². The summed E-state index contributed by atoms with van der Waals surface area (Å²) in [6.45, 7) is 11.1. The van der Waals surface area contributed by atoms with Gasteiger partial charge in [-0.2, -0.15) is 0 Å². The first kappa shape index (κ1) is 21.0. The van der Waals surface area contributed by atoms with Gasteiger partial charge in [-0.25, -0.2) is 0 Å². The molecule has 1 atom stereocenters. The van der Waals surface area contributed by atoms with E-state index in [1.807, 2.05) is 0 Å². The minimum Gasteiger partial charge on any atom is -0.493 e. The van der Waals surface area contributed by atoms with Gasteiger partial charge in [0.15, 0.2) is 0 Å². The van der Waals surface area contributed by atoms with Crippen LogP contribution in [-0.4, -0.2) is 19.3 Å². The molecule has 0 aliphatic heterocycles. The Kier molecular flexibility index (Phi) is 12.6. The van der Waals surface area contributed by atoms with Gasteiger partial charge in [0.05, 0.1) is 12.7 Å². The monoisotopic (exact) mass is 332 g/mol. The van der Waals surface area contributed by atoms with Gasteiger partial charge in [-0.1, -0.05) is 57.6 Å². The van der Waals surface area contributed by atoms with Crippen molar-refractivity contribution in [1.29, 1.82) is 0 Å². The third-order valence-electron chi connectivity index (χ3n) is 4.31. The van der Waals surface area contributed by atoms with E-state index in [1.54, 1.807) is 0 Å². The van der Waals surface area contributed by atoms with E-state index in [1.165, 1.54) is 56.9 Å². The Morgan fingerprint density at radius 2 is 1.58 bits per heavy atom. The van der Waals surface area contributed by atoms with E-state index < -0.39 is 0 Å². The highest BCUT2D eigenvalue weighted by atomic mass is 16.5. The Labute approximate surface area is 149 Å². The van der Waals surface area contributed by atoms with E-state index >= 15 is 0 Å². The van der Waals surface area contributed by atoms with Gasteiger partial charge in [0.25, 0.3) is 0 Å². The molecule has 0 bridgehead atoms. The summed E-state index contributed by atoms with van der Waals surface area (Å²) in [5.41, 5.74) is 1.41. The highest BCUT2D eigenvalue weighted by molar-refractivity contribution is 5.27. The molecule has 0 aromatic heterocycles. The van der Waals surface area contributed by atoms with Crippen LogP contribution in [0.15, 0.2) is 24.3 Å². The molecule has 0 aliphatic carbocycles.